The third kappa shape index (κ3) is 6.48. The van der Waals surface area contributed by atoms with Crippen LogP contribution in [0.25, 0.3) is 0 Å². The van der Waals surface area contributed by atoms with Crippen LogP contribution in [0.1, 0.15) is 38.2 Å². The fourth-order valence-corrected chi connectivity index (χ4v) is 2.93. The van der Waals surface area contributed by atoms with Gasteiger partial charge in [0.2, 0.25) is 0 Å². The van der Waals surface area contributed by atoms with Crippen LogP contribution in [-0.4, -0.2) is 36.4 Å². The molecule has 1 aliphatic carbocycles. The van der Waals surface area contributed by atoms with Crippen LogP contribution in [0.2, 0.25) is 0 Å². The van der Waals surface area contributed by atoms with E-state index in [4.69, 9.17) is 4.74 Å². The lowest BCUT2D eigenvalue weighted by Gasteiger charge is -2.26. The molecule has 5 heteroatoms. The number of urea groups is 1. The molecule has 1 saturated carbocycles. The van der Waals surface area contributed by atoms with Crippen molar-refractivity contribution in [3.8, 4) is 5.75 Å². The van der Waals surface area contributed by atoms with Crippen LogP contribution in [0.3, 0.4) is 0 Å². The molecule has 128 valence electrons. The molecular formula is C18H28N2O3. The van der Waals surface area contributed by atoms with Gasteiger partial charge in [-0.1, -0.05) is 18.6 Å². The fourth-order valence-electron chi connectivity index (χ4n) is 2.93. The average molecular weight is 320 g/mol. The molecule has 0 heterocycles. The Labute approximate surface area is 138 Å². The third-order valence-electron chi connectivity index (χ3n) is 4.17. The summed E-state index contributed by atoms with van der Waals surface area (Å²) in [6.07, 6.45) is 3.57. The summed E-state index contributed by atoms with van der Waals surface area (Å²) in [5, 5.41) is 15.4. The van der Waals surface area contributed by atoms with Crippen LogP contribution >= 0.6 is 0 Å². The lowest BCUT2D eigenvalue weighted by atomic mass is 9.87. The lowest BCUT2D eigenvalue weighted by molar-refractivity contribution is 0.101. The first-order chi connectivity index (χ1) is 11.0. The molecule has 23 heavy (non-hydrogen) atoms. The van der Waals surface area contributed by atoms with Crippen molar-refractivity contribution in [3.63, 3.8) is 0 Å². The molecule has 5 nitrogen and oxygen atoms in total. The van der Waals surface area contributed by atoms with Crippen LogP contribution in [0.15, 0.2) is 24.3 Å². The summed E-state index contributed by atoms with van der Waals surface area (Å²) in [7, 11) is 0. The number of hydrogen-bond acceptors (Lipinski definition) is 3. The summed E-state index contributed by atoms with van der Waals surface area (Å²) in [5.41, 5.74) is 1.15. The van der Waals surface area contributed by atoms with Gasteiger partial charge in [0.1, 0.15) is 12.4 Å². The van der Waals surface area contributed by atoms with Gasteiger partial charge in [0, 0.05) is 6.54 Å². The predicted octanol–water partition coefficient (Wildman–Crippen LogP) is 2.61. The maximum atomic E-state index is 11.9. The van der Waals surface area contributed by atoms with E-state index in [1.54, 1.807) is 0 Å². The monoisotopic (exact) mass is 320 g/mol. The number of carbonyl (C=O) groups excluding carboxylic acids is 1. The Bertz CT molecular complexity index is 507. The van der Waals surface area contributed by atoms with Gasteiger partial charge in [0.25, 0.3) is 0 Å². The third-order valence-corrected chi connectivity index (χ3v) is 4.17. The van der Waals surface area contributed by atoms with Crippen molar-refractivity contribution in [1.29, 1.82) is 0 Å². The summed E-state index contributed by atoms with van der Waals surface area (Å²) >= 11 is 0. The lowest BCUT2D eigenvalue weighted by Crippen LogP contribution is -2.45. The summed E-state index contributed by atoms with van der Waals surface area (Å²) in [6.45, 7) is 4.98. The van der Waals surface area contributed by atoms with Gasteiger partial charge in [-0.05, 0) is 56.7 Å². The molecule has 1 aromatic rings. The number of ether oxygens (including phenoxy) is 1. The Morgan fingerprint density at radius 3 is 3.00 bits per heavy atom. The smallest absolute Gasteiger partial charge is 0.315 e. The SMILES string of the molecule is Cc1cccc(OCC(C)NC(=O)NCC2CCCC(O)C2)c1. The molecular weight excluding hydrogens is 292 g/mol. The number of hydrogen-bond donors (Lipinski definition) is 3. The molecule has 3 atom stereocenters. The highest BCUT2D eigenvalue weighted by Gasteiger charge is 2.20. The minimum Gasteiger partial charge on any atom is -0.491 e. The first-order valence-corrected chi connectivity index (χ1v) is 8.45. The topological polar surface area (TPSA) is 70.6 Å². The van der Waals surface area contributed by atoms with Gasteiger partial charge in [-0.2, -0.15) is 0 Å². The molecule has 1 aromatic carbocycles. The van der Waals surface area contributed by atoms with E-state index in [9.17, 15) is 9.90 Å². The normalized spacial score (nSPS) is 22.2. The Morgan fingerprint density at radius 2 is 2.26 bits per heavy atom. The Balaban J connectivity index is 1.64. The summed E-state index contributed by atoms with van der Waals surface area (Å²) in [6, 6.07) is 7.60. The molecule has 1 aliphatic rings. The highest BCUT2D eigenvalue weighted by atomic mass is 16.5. The van der Waals surface area contributed by atoms with Crippen molar-refractivity contribution < 1.29 is 14.6 Å². The maximum absolute atomic E-state index is 11.9. The molecule has 2 rings (SSSR count). The quantitative estimate of drug-likeness (QED) is 0.754. The van der Waals surface area contributed by atoms with Gasteiger partial charge in [0.15, 0.2) is 0 Å². The molecule has 0 bridgehead atoms. The zero-order valence-electron chi connectivity index (χ0n) is 14.0. The number of rotatable bonds is 6. The largest absolute Gasteiger partial charge is 0.491 e. The number of carbonyl (C=O) groups is 1. The van der Waals surface area contributed by atoms with Gasteiger partial charge in [-0.25, -0.2) is 4.79 Å². The standard InChI is InChI=1S/C18H28N2O3/c1-13-5-3-8-17(9-13)23-12-14(2)20-18(22)19-11-15-6-4-7-16(21)10-15/h3,5,8-9,14-16,21H,4,6-7,10-12H2,1-2H3,(H2,19,20,22). The first-order valence-electron chi connectivity index (χ1n) is 8.45. The van der Waals surface area contributed by atoms with E-state index in [1.807, 2.05) is 38.1 Å². The van der Waals surface area contributed by atoms with Gasteiger partial charge in [0.05, 0.1) is 12.1 Å². The summed E-state index contributed by atoms with van der Waals surface area (Å²) in [5.74, 6) is 1.19. The van der Waals surface area contributed by atoms with Crippen molar-refractivity contribution in [1.82, 2.24) is 10.6 Å². The highest BCUT2D eigenvalue weighted by molar-refractivity contribution is 5.74. The molecule has 0 aromatic heterocycles. The second-order valence-corrected chi connectivity index (χ2v) is 6.57. The molecule has 0 aliphatic heterocycles. The zero-order valence-corrected chi connectivity index (χ0v) is 14.0. The average Bonchev–Trinajstić information content (AvgIpc) is 2.51. The minimum absolute atomic E-state index is 0.0764. The van der Waals surface area contributed by atoms with E-state index in [-0.39, 0.29) is 18.2 Å². The van der Waals surface area contributed by atoms with Crippen molar-refractivity contribution >= 4 is 6.03 Å². The van der Waals surface area contributed by atoms with Gasteiger partial charge >= 0.3 is 6.03 Å². The maximum Gasteiger partial charge on any atom is 0.315 e. The molecule has 3 N–H and O–H groups in total. The van der Waals surface area contributed by atoms with Crippen LogP contribution < -0.4 is 15.4 Å². The summed E-state index contributed by atoms with van der Waals surface area (Å²) < 4.78 is 5.68. The molecule has 2 amide bonds. The fraction of sp³-hybridized carbons (Fsp3) is 0.611. The second kappa shape index (κ2) is 8.77. The van der Waals surface area contributed by atoms with E-state index < -0.39 is 0 Å². The van der Waals surface area contributed by atoms with Crippen molar-refractivity contribution in [2.45, 2.75) is 51.7 Å². The number of aliphatic hydroxyl groups excluding tert-OH is 1. The molecule has 3 unspecified atom stereocenters. The van der Waals surface area contributed by atoms with E-state index >= 15 is 0 Å². The first kappa shape index (κ1) is 17.6. The number of amides is 2. The van der Waals surface area contributed by atoms with Crippen LogP contribution in [-0.2, 0) is 0 Å². The van der Waals surface area contributed by atoms with Crippen LogP contribution in [0.5, 0.6) is 5.75 Å². The number of benzene rings is 1. The zero-order chi connectivity index (χ0) is 16.7. The molecule has 0 radical (unpaired) electrons. The highest BCUT2D eigenvalue weighted by Crippen LogP contribution is 2.23. The van der Waals surface area contributed by atoms with E-state index in [0.717, 1.165) is 37.0 Å². The van der Waals surface area contributed by atoms with Gasteiger partial charge < -0.3 is 20.5 Å². The van der Waals surface area contributed by atoms with Crippen molar-refractivity contribution in [2.24, 2.45) is 5.92 Å². The van der Waals surface area contributed by atoms with E-state index in [1.165, 1.54) is 0 Å². The number of aliphatic hydroxyl groups is 1. The Morgan fingerprint density at radius 1 is 1.43 bits per heavy atom. The van der Waals surface area contributed by atoms with E-state index in [2.05, 4.69) is 10.6 Å². The van der Waals surface area contributed by atoms with Crippen molar-refractivity contribution in [3.05, 3.63) is 29.8 Å². The molecule has 0 spiro atoms. The number of nitrogens with one attached hydrogen (secondary N) is 2. The van der Waals surface area contributed by atoms with Crippen molar-refractivity contribution in [2.75, 3.05) is 13.2 Å². The molecule has 1 fully saturated rings. The summed E-state index contributed by atoms with van der Waals surface area (Å²) in [4.78, 5) is 11.9. The van der Waals surface area contributed by atoms with Crippen LogP contribution in [0, 0.1) is 12.8 Å². The Kier molecular flexibility index (Phi) is 6.71. The van der Waals surface area contributed by atoms with Crippen LogP contribution in [0.4, 0.5) is 4.79 Å². The minimum atomic E-state index is -0.208. The second-order valence-electron chi connectivity index (χ2n) is 6.57. The Hall–Kier alpha value is -1.75. The van der Waals surface area contributed by atoms with E-state index in [0.29, 0.717) is 19.1 Å². The number of aryl methyl sites for hydroxylation is 1. The molecule has 0 saturated heterocycles. The predicted molar refractivity (Wildman–Crippen MR) is 90.6 cm³/mol. The van der Waals surface area contributed by atoms with Gasteiger partial charge in [-0.15, -0.1) is 0 Å². The van der Waals surface area contributed by atoms with Gasteiger partial charge in [-0.3, -0.25) is 0 Å².